The van der Waals surface area contributed by atoms with E-state index in [9.17, 15) is 23.5 Å². The quantitative estimate of drug-likeness (QED) is 0.408. The van der Waals surface area contributed by atoms with E-state index in [1.54, 1.807) is 0 Å². The van der Waals surface area contributed by atoms with E-state index in [0.29, 0.717) is 38.4 Å². The van der Waals surface area contributed by atoms with E-state index < -0.39 is 35.1 Å². The molecule has 2 fully saturated rings. The molecule has 2 aromatic carbocycles. The Morgan fingerprint density at radius 2 is 1.79 bits per heavy atom. The van der Waals surface area contributed by atoms with E-state index in [0.717, 1.165) is 6.07 Å². The minimum atomic E-state index is -0.934. The number of ether oxygens (including phenoxy) is 2. The number of hydrogen-bond donors (Lipinski definition) is 1. The van der Waals surface area contributed by atoms with Crippen molar-refractivity contribution in [3.05, 3.63) is 70.8 Å². The van der Waals surface area contributed by atoms with Crippen molar-refractivity contribution >= 4 is 17.4 Å². The SMILES string of the molecule is COc1ccc(/C(O)=C2\C(=O)C(=O)N(CCN3CCOCC3)[C@@H]2c2ccc(F)cc2)cc1F. The van der Waals surface area contributed by atoms with Crippen molar-refractivity contribution in [1.82, 2.24) is 9.80 Å². The zero-order chi connectivity index (χ0) is 23.5. The van der Waals surface area contributed by atoms with Crippen molar-refractivity contribution < 1.29 is 33.0 Å². The molecule has 2 aliphatic heterocycles. The summed E-state index contributed by atoms with van der Waals surface area (Å²) in [5.41, 5.74) is 0.331. The van der Waals surface area contributed by atoms with Crippen LogP contribution in [0.25, 0.3) is 5.76 Å². The maximum absolute atomic E-state index is 14.3. The summed E-state index contributed by atoms with van der Waals surface area (Å²) < 4.78 is 38.1. The topological polar surface area (TPSA) is 79.3 Å². The van der Waals surface area contributed by atoms with Crippen LogP contribution in [0.4, 0.5) is 8.78 Å². The third kappa shape index (κ3) is 4.60. The van der Waals surface area contributed by atoms with Gasteiger partial charge in [0.05, 0.1) is 31.9 Å². The lowest BCUT2D eigenvalue weighted by molar-refractivity contribution is -0.140. The average Bonchev–Trinajstić information content (AvgIpc) is 3.08. The van der Waals surface area contributed by atoms with Crippen molar-refractivity contribution in [3.8, 4) is 5.75 Å². The smallest absolute Gasteiger partial charge is 0.295 e. The van der Waals surface area contributed by atoms with Crippen molar-refractivity contribution in [1.29, 1.82) is 0 Å². The molecule has 174 valence electrons. The van der Waals surface area contributed by atoms with Gasteiger partial charge >= 0.3 is 0 Å². The van der Waals surface area contributed by atoms with E-state index in [2.05, 4.69) is 4.90 Å². The first-order chi connectivity index (χ1) is 15.9. The van der Waals surface area contributed by atoms with Gasteiger partial charge in [0.25, 0.3) is 11.7 Å². The first-order valence-electron chi connectivity index (χ1n) is 10.6. The van der Waals surface area contributed by atoms with Gasteiger partial charge in [-0.3, -0.25) is 14.5 Å². The number of benzene rings is 2. The summed E-state index contributed by atoms with van der Waals surface area (Å²) in [5, 5.41) is 11.0. The number of rotatable bonds is 6. The van der Waals surface area contributed by atoms with Gasteiger partial charge in [-0.15, -0.1) is 0 Å². The zero-order valence-corrected chi connectivity index (χ0v) is 18.1. The van der Waals surface area contributed by atoms with Gasteiger partial charge in [-0.05, 0) is 35.9 Å². The molecule has 0 spiro atoms. The molecular formula is C24H24F2N2O5. The molecule has 1 atom stereocenters. The number of carbonyl (C=O) groups is 2. The fourth-order valence-corrected chi connectivity index (χ4v) is 4.15. The number of methoxy groups -OCH3 is 1. The Hall–Kier alpha value is -3.30. The molecule has 0 radical (unpaired) electrons. The molecule has 0 unspecified atom stereocenters. The zero-order valence-electron chi connectivity index (χ0n) is 18.1. The Kier molecular flexibility index (Phi) is 6.71. The molecule has 0 aliphatic carbocycles. The molecule has 2 saturated heterocycles. The van der Waals surface area contributed by atoms with E-state index in [4.69, 9.17) is 9.47 Å². The van der Waals surface area contributed by atoms with Crippen molar-refractivity contribution in [2.45, 2.75) is 6.04 Å². The fourth-order valence-electron chi connectivity index (χ4n) is 4.15. The standard InChI is InChI=1S/C24H24F2N2O5/c1-32-19-7-4-16(14-18(19)26)22(29)20-21(15-2-5-17(25)6-3-15)28(24(31)23(20)30)9-8-27-10-12-33-13-11-27/h2-7,14,21,29H,8-13H2,1H3/b22-20+/t21-/m1/s1. The highest BCUT2D eigenvalue weighted by atomic mass is 19.1. The Morgan fingerprint density at radius 1 is 1.09 bits per heavy atom. The molecule has 2 aromatic rings. The second kappa shape index (κ2) is 9.68. The second-order valence-electron chi connectivity index (χ2n) is 7.85. The van der Waals surface area contributed by atoms with Crippen LogP contribution in [0.5, 0.6) is 5.75 Å². The molecule has 0 saturated carbocycles. The molecule has 4 rings (SSSR count). The van der Waals surface area contributed by atoms with Gasteiger partial charge in [0, 0.05) is 31.7 Å². The maximum Gasteiger partial charge on any atom is 0.295 e. The van der Waals surface area contributed by atoms with E-state index in [1.807, 2.05) is 0 Å². The highest BCUT2D eigenvalue weighted by Crippen LogP contribution is 2.39. The van der Waals surface area contributed by atoms with E-state index in [-0.39, 0.29) is 23.4 Å². The second-order valence-corrected chi connectivity index (χ2v) is 7.85. The molecule has 7 nitrogen and oxygen atoms in total. The summed E-state index contributed by atoms with van der Waals surface area (Å²) in [6.45, 7) is 3.31. The van der Waals surface area contributed by atoms with Crippen LogP contribution in [0.1, 0.15) is 17.2 Å². The average molecular weight is 458 g/mol. The van der Waals surface area contributed by atoms with Gasteiger partial charge in [0.1, 0.15) is 11.6 Å². The van der Waals surface area contributed by atoms with Gasteiger partial charge in [0.15, 0.2) is 11.6 Å². The van der Waals surface area contributed by atoms with Gasteiger partial charge in [-0.25, -0.2) is 8.78 Å². The number of halogens is 2. The summed E-state index contributed by atoms with van der Waals surface area (Å²) in [5.74, 6) is -3.36. The molecule has 2 aliphatic rings. The minimum absolute atomic E-state index is 0.0207. The van der Waals surface area contributed by atoms with Crippen LogP contribution in [0.15, 0.2) is 48.0 Å². The lowest BCUT2D eigenvalue weighted by Crippen LogP contribution is -2.42. The summed E-state index contributed by atoms with van der Waals surface area (Å²) in [6, 6.07) is 8.22. The highest BCUT2D eigenvalue weighted by molar-refractivity contribution is 6.46. The number of aliphatic hydroxyl groups is 1. The third-order valence-corrected chi connectivity index (χ3v) is 5.91. The van der Waals surface area contributed by atoms with Crippen LogP contribution >= 0.6 is 0 Å². The number of nitrogens with zero attached hydrogens (tertiary/aromatic N) is 2. The third-order valence-electron chi connectivity index (χ3n) is 5.91. The van der Waals surface area contributed by atoms with Crippen LogP contribution in [0.2, 0.25) is 0 Å². The Bertz CT molecular complexity index is 1080. The van der Waals surface area contributed by atoms with Crippen LogP contribution in [-0.4, -0.2) is 73.1 Å². The number of morpholine rings is 1. The predicted octanol–water partition coefficient (Wildman–Crippen LogP) is 2.73. The summed E-state index contributed by atoms with van der Waals surface area (Å²) in [4.78, 5) is 29.5. The minimum Gasteiger partial charge on any atom is -0.507 e. The van der Waals surface area contributed by atoms with Gasteiger partial charge in [-0.1, -0.05) is 12.1 Å². The number of hydrogen-bond acceptors (Lipinski definition) is 6. The number of amides is 1. The van der Waals surface area contributed by atoms with Crippen LogP contribution < -0.4 is 4.74 Å². The van der Waals surface area contributed by atoms with E-state index >= 15 is 0 Å². The van der Waals surface area contributed by atoms with E-state index in [1.165, 1.54) is 48.4 Å². The van der Waals surface area contributed by atoms with Gasteiger partial charge in [0.2, 0.25) is 0 Å². The first kappa shape index (κ1) is 22.9. The summed E-state index contributed by atoms with van der Waals surface area (Å²) >= 11 is 0. The monoisotopic (exact) mass is 458 g/mol. The molecule has 1 N–H and O–H groups in total. The first-order valence-corrected chi connectivity index (χ1v) is 10.6. The number of aliphatic hydroxyl groups excluding tert-OH is 1. The number of ketones is 1. The molecular weight excluding hydrogens is 434 g/mol. The van der Waals surface area contributed by atoms with Crippen LogP contribution in [0.3, 0.4) is 0 Å². The predicted molar refractivity (Wildman–Crippen MR) is 116 cm³/mol. The normalized spacial score (nSPS) is 20.9. The Labute approximate surface area is 189 Å². The van der Waals surface area contributed by atoms with Gasteiger partial charge in [-0.2, -0.15) is 0 Å². The largest absolute Gasteiger partial charge is 0.507 e. The summed E-state index contributed by atoms with van der Waals surface area (Å²) in [7, 11) is 1.31. The number of carbonyl (C=O) groups excluding carboxylic acids is 2. The Balaban J connectivity index is 1.74. The van der Waals surface area contributed by atoms with Crippen molar-refractivity contribution in [2.24, 2.45) is 0 Å². The van der Waals surface area contributed by atoms with Crippen LogP contribution in [0, 0.1) is 11.6 Å². The molecule has 0 aromatic heterocycles. The Morgan fingerprint density at radius 3 is 2.42 bits per heavy atom. The number of likely N-dealkylation sites (tertiary alicyclic amines) is 1. The van der Waals surface area contributed by atoms with Crippen molar-refractivity contribution in [2.75, 3.05) is 46.5 Å². The molecule has 33 heavy (non-hydrogen) atoms. The maximum atomic E-state index is 14.3. The van der Waals surface area contributed by atoms with Crippen molar-refractivity contribution in [3.63, 3.8) is 0 Å². The van der Waals surface area contributed by atoms with Gasteiger partial charge < -0.3 is 19.5 Å². The number of Topliss-reactive ketones (excluding diaryl/α,β-unsaturated/α-hetero) is 1. The summed E-state index contributed by atoms with van der Waals surface area (Å²) in [6.07, 6.45) is 0. The van der Waals surface area contributed by atoms with Crippen LogP contribution in [-0.2, 0) is 14.3 Å². The molecule has 1 amide bonds. The lowest BCUT2D eigenvalue weighted by atomic mass is 9.95. The fraction of sp³-hybridized carbons (Fsp3) is 0.333. The molecule has 0 bridgehead atoms. The highest BCUT2D eigenvalue weighted by Gasteiger charge is 2.46. The lowest BCUT2D eigenvalue weighted by Gasteiger charge is -2.31. The molecule has 2 heterocycles. The molecule has 9 heteroatoms.